The third-order valence-corrected chi connectivity index (χ3v) is 2.08. The van der Waals surface area contributed by atoms with Crippen molar-refractivity contribution in [3.8, 4) is 0 Å². The molecule has 0 bridgehead atoms. The summed E-state index contributed by atoms with van der Waals surface area (Å²) in [6.45, 7) is 0. The molecule has 0 radical (unpaired) electrons. The van der Waals surface area contributed by atoms with Crippen LogP contribution < -0.4 is 11.5 Å². The quantitative estimate of drug-likeness (QED) is 0.396. The Kier molecular flexibility index (Phi) is 2.68. The Bertz CT molecular complexity index is 206. The van der Waals surface area contributed by atoms with E-state index in [2.05, 4.69) is 0 Å². The minimum absolute atomic E-state index is 0.200. The Hall–Kier alpha value is -0.340. The molecule has 0 aromatic carbocycles. The number of halogens is 2. The van der Waals surface area contributed by atoms with Gasteiger partial charge in [-0.3, -0.25) is 0 Å². The average Bonchev–Trinajstić information content (AvgIpc) is 2.43. The highest BCUT2D eigenvalue weighted by Crippen LogP contribution is 2.37. The highest BCUT2D eigenvalue weighted by atomic mass is 35.5. The zero-order valence-electron chi connectivity index (χ0n) is 5.93. The standard InChI is InChI=1S/C7H10Cl2N2/c8-6-2-4(6)1-5(10)3-7(9)11/h1,3-4,6H,2,10-11H2/b5-1+,7-3-. The minimum atomic E-state index is 0.200. The fourth-order valence-corrected chi connectivity index (χ4v) is 1.21. The third kappa shape index (κ3) is 3.04. The summed E-state index contributed by atoms with van der Waals surface area (Å²) in [5.41, 5.74) is 11.3. The van der Waals surface area contributed by atoms with Crippen LogP contribution in [0, 0.1) is 5.92 Å². The number of hydrogen-bond donors (Lipinski definition) is 2. The van der Waals surface area contributed by atoms with Gasteiger partial charge < -0.3 is 11.5 Å². The summed E-state index contributed by atoms with van der Waals surface area (Å²) < 4.78 is 0. The van der Waals surface area contributed by atoms with Crippen molar-refractivity contribution in [2.24, 2.45) is 17.4 Å². The van der Waals surface area contributed by atoms with Gasteiger partial charge in [0.25, 0.3) is 0 Å². The molecule has 1 aliphatic rings. The molecule has 1 aliphatic carbocycles. The molecular formula is C7H10Cl2N2. The first kappa shape index (κ1) is 8.75. The lowest BCUT2D eigenvalue weighted by atomic mass is 10.3. The maximum Gasteiger partial charge on any atom is 0.101 e. The van der Waals surface area contributed by atoms with Crippen LogP contribution in [0.1, 0.15) is 6.42 Å². The molecule has 1 saturated carbocycles. The van der Waals surface area contributed by atoms with Crippen molar-refractivity contribution in [3.63, 3.8) is 0 Å². The van der Waals surface area contributed by atoms with Crippen molar-refractivity contribution in [2.75, 3.05) is 0 Å². The van der Waals surface area contributed by atoms with Crippen LogP contribution in [-0.2, 0) is 0 Å². The molecule has 4 heteroatoms. The summed E-state index contributed by atoms with van der Waals surface area (Å²) in [6.07, 6.45) is 4.40. The zero-order valence-corrected chi connectivity index (χ0v) is 7.44. The molecule has 1 fully saturated rings. The summed E-state index contributed by atoms with van der Waals surface area (Å²) in [6, 6.07) is 0. The number of alkyl halides is 1. The van der Waals surface area contributed by atoms with Crippen molar-refractivity contribution < 1.29 is 0 Å². The Morgan fingerprint density at radius 3 is 2.36 bits per heavy atom. The Morgan fingerprint density at radius 2 is 2.00 bits per heavy atom. The van der Waals surface area contributed by atoms with Gasteiger partial charge in [-0.15, -0.1) is 11.6 Å². The summed E-state index contributed by atoms with van der Waals surface area (Å²) in [7, 11) is 0. The maximum atomic E-state index is 5.75. The van der Waals surface area contributed by atoms with E-state index in [1.807, 2.05) is 6.08 Å². The van der Waals surface area contributed by atoms with Crippen LogP contribution >= 0.6 is 23.2 Å². The fourth-order valence-electron chi connectivity index (χ4n) is 0.808. The van der Waals surface area contributed by atoms with Gasteiger partial charge in [-0.1, -0.05) is 17.7 Å². The molecule has 2 nitrogen and oxygen atoms in total. The van der Waals surface area contributed by atoms with Gasteiger partial charge in [-0.2, -0.15) is 0 Å². The number of allylic oxidation sites excluding steroid dienone is 2. The topological polar surface area (TPSA) is 52.0 Å². The molecule has 0 spiro atoms. The van der Waals surface area contributed by atoms with E-state index in [1.54, 1.807) is 0 Å². The minimum Gasteiger partial charge on any atom is -0.399 e. The predicted molar refractivity (Wildman–Crippen MR) is 48.1 cm³/mol. The van der Waals surface area contributed by atoms with Gasteiger partial charge in [0.1, 0.15) is 5.16 Å². The molecule has 0 heterocycles. The second-order valence-corrected chi connectivity index (χ2v) is 3.61. The highest BCUT2D eigenvalue weighted by Gasteiger charge is 2.32. The van der Waals surface area contributed by atoms with E-state index < -0.39 is 0 Å². The molecule has 11 heavy (non-hydrogen) atoms. The van der Waals surface area contributed by atoms with Gasteiger partial charge in [0.15, 0.2) is 0 Å². The molecule has 62 valence electrons. The molecule has 2 atom stereocenters. The molecule has 2 unspecified atom stereocenters. The molecular weight excluding hydrogens is 183 g/mol. The average molecular weight is 193 g/mol. The lowest BCUT2D eigenvalue weighted by molar-refractivity contribution is 1.09. The van der Waals surface area contributed by atoms with E-state index in [0.29, 0.717) is 11.6 Å². The van der Waals surface area contributed by atoms with E-state index >= 15 is 0 Å². The first-order chi connectivity index (χ1) is 5.09. The van der Waals surface area contributed by atoms with E-state index in [4.69, 9.17) is 34.7 Å². The molecule has 0 aliphatic heterocycles. The first-order valence-electron chi connectivity index (χ1n) is 3.33. The predicted octanol–water partition coefficient (Wildman–Crippen LogP) is 1.50. The highest BCUT2D eigenvalue weighted by molar-refractivity contribution is 6.29. The van der Waals surface area contributed by atoms with Crippen molar-refractivity contribution in [1.29, 1.82) is 0 Å². The normalized spacial score (nSPS) is 32.2. The van der Waals surface area contributed by atoms with Gasteiger partial charge >= 0.3 is 0 Å². The van der Waals surface area contributed by atoms with E-state index in [-0.39, 0.29) is 10.5 Å². The zero-order chi connectivity index (χ0) is 8.43. The van der Waals surface area contributed by atoms with Crippen LogP contribution in [0.2, 0.25) is 0 Å². The molecule has 1 rings (SSSR count). The Balaban J connectivity index is 2.47. The smallest absolute Gasteiger partial charge is 0.101 e. The summed E-state index contributed by atoms with van der Waals surface area (Å²) in [5, 5.41) is 0.448. The summed E-state index contributed by atoms with van der Waals surface area (Å²) in [4.78, 5) is 0. The number of rotatable bonds is 2. The lowest BCUT2D eigenvalue weighted by Gasteiger charge is -1.91. The summed E-state index contributed by atoms with van der Waals surface area (Å²) in [5.74, 6) is 0.406. The molecule has 4 N–H and O–H groups in total. The van der Waals surface area contributed by atoms with E-state index in [1.165, 1.54) is 6.08 Å². The Labute approximate surface area is 75.8 Å². The molecule has 0 saturated heterocycles. The van der Waals surface area contributed by atoms with Crippen molar-refractivity contribution >= 4 is 23.2 Å². The van der Waals surface area contributed by atoms with Crippen molar-refractivity contribution in [2.45, 2.75) is 11.8 Å². The SMILES string of the molecule is N/C(Cl)=C\C(N)=C/C1CC1Cl. The van der Waals surface area contributed by atoms with Gasteiger partial charge in [-0.25, -0.2) is 0 Å². The fraction of sp³-hybridized carbons (Fsp3) is 0.429. The second kappa shape index (κ2) is 3.37. The van der Waals surface area contributed by atoms with Gasteiger partial charge in [-0.05, 0) is 18.4 Å². The van der Waals surface area contributed by atoms with Crippen LogP contribution in [-0.4, -0.2) is 5.38 Å². The van der Waals surface area contributed by atoms with Crippen LogP contribution in [0.4, 0.5) is 0 Å². The first-order valence-corrected chi connectivity index (χ1v) is 4.15. The van der Waals surface area contributed by atoms with Crippen molar-refractivity contribution in [1.82, 2.24) is 0 Å². The molecule has 0 aromatic rings. The van der Waals surface area contributed by atoms with Gasteiger partial charge in [0.2, 0.25) is 0 Å². The van der Waals surface area contributed by atoms with E-state index in [0.717, 1.165) is 6.42 Å². The van der Waals surface area contributed by atoms with E-state index in [9.17, 15) is 0 Å². The second-order valence-electron chi connectivity index (χ2n) is 2.61. The monoisotopic (exact) mass is 192 g/mol. The summed E-state index contributed by atoms with van der Waals surface area (Å²) >= 11 is 11.1. The Morgan fingerprint density at radius 1 is 1.45 bits per heavy atom. The van der Waals surface area contributed by atoms with Crippen LogP contribution in [0.15, 0.2) is 23.0 Å². The van der Waals surface area contributed by atoms with Gasteiger partial charge in [0.05, 0.1) is 0 Å². The third-order valence-electron chi connectivity index (χ3n) is 1.47. The lowest BCUT2D eigenvalue weighted by Crippen LogP contribution is -1.97. The van der Waals surface area contributed by atoms with Crippen LogP contribution in [0.3, 0.4) is 0 Å². The van der Waals surface area contributed by atoms with Crippen LogP contribution in [0.5, 0.6) is 0 Å². The number of hydrogen-bond acceptors (Lipinski definition) is 2. The van der Waals surface area contributed by atoms with Gasteiger partial charge in [0, 0.05) is 11.1 Å². The largest absolute Gasteiger partial charge is 0.399 e. The molecule has 0 amide bonds. The van der Waals surface area contributed by atoms with Crippen LogP contribution in [0.25, 0.3) is 0 Å². The number of nitrogens with two attached hydrogens (primary N) is 2. The van der Waals surface area contributed by atoms with Crippen molar-refractivity contribution in [3.05, 3.63) is 23.0 Å². The molecule has 0 aromatic heterocycles. The maximum absolute atomic E-state index is 5.75.